The molecule has 11 rings (SSSR count). The number of allylic oxidation sites excluding steroid dienone is 6. The van der Waals surface area contributed by atoms with Crippen LogP contribution in [0.4, 0.5) is 11.4 Å². The van der Waals surface area contributed by atoms with E-state index < -0.39 is 11.9 Å². The number of imide groups is 2. The SMILES string of the molecule is Cc1sc(C(=O)Oc2ccc(N3C(=O)[C@@H]4[C@H](C3=O)[C@@H]3C=C[C@H]4C3)cc2)cc1C1=C(c2cc(C(=O)Oc3ccc(N4C(=O)[C@@H]5[C@H](C4=O)[C@@H]4C=C[C@H]5C4)cc3)sc2C)CCC1. The largest absolute Gasteiger partial charge is 0.422 e. The van der Waals surface area contributed by atoms with Gasteiger partial charge in [0.2, 0.25) is 23.6 Å². The van der Waals surface area contributed by atoms with Gasteiger partial charge in [0.25, 0.3) is 0 Å². The number of ether oxygens (including phenoxy) is 2. The maximum Gasteiger partial charge on any atom is 0.353 e. The molecule has 4 aromatic rings. The van der Waals surface area contributed by atoms with E-state index in [0.29, 0.717) is 32.6 Å². The highest BCUT2D eigenvalue weighted by Crippen LogP contribution is 2.55. The Labute approximate surface area is 347 Å². The van der Waals surface area contributed by atoms with Crippen LogP contribution in [0, 0.1) is 61.2 Å². The van der Waals surface area contributed by atoms with Gasteiger partial charge in [0, 0.05) is 9.75 Å². The number of thiophene rings is 2. The first-order valence-corrected chi connectivity index (χ1v) is 21.9. The minimum atomic E-state index is -0.488. The summed E-state index contributed by atoms with van der Waals surface area (Å²) in [4.78, 5) is 85.4. The highest BCUT2D eigenvalue weighted by molar-refractivity contribution is 7.14. The monoisotopic (exact) mass is 822 g/mol. The second kappa shape index (κ2) is 13.4. The molecule has 8 atom stereocenters. The van der Waals surface area contributed by atoms with E-state index >= 15 is 0 Å². The van der Waals surface area contributed by atoms with Gasteiger partial charge in [-0.1, -0.05) is 24.3 Å². The third-order valence-corrected chi connectivity index (χ3v) is 15.7. The van der Waals surface area contributed by atoms with E-state index in [2.05, 4.69) is 24.3 Å². The van der Waals surface area contributed by atoms with Gasteiger partial charge in [-0.05, 0) is 153 Å². The van der Waals surface area contributed by atoms with Gasteiger partial charge in [-0.15, -0.1) is 22.7 Å². The fourth-order valence-electron chi connectivity index (χ4n) is 11.1. The van der Waals surface area contributed by atoms with Crippen LogP contribution in [0.2, 0.25) is 0 Å². The number of benzene rings is 2. The van der Waals surface area contributed by atoms with E-state index in [1.165, 1.54) is 32.5 Å². The lowest BCUT2D eigenvalue weighted by Gasteiger charge is -2.17. The summed E-state index contributed by atoms with van der Waals surface area (Å²) in [7, 11) is 0. The topological polar surface area (TPSA) is 127 Å². The van der Waals surface area contributed by atoms with Crippen molar-refractivity contribution in [3.63, 3.8) is 0 Å². The molecule has 2 aromatic heterocycles. The molecule has 59 heavy (non-hydrogen) atoms. The van der Waals surface area contributed by atoms with Gasteiger partial charge in [-0.2, -0.15) is 0 Å². The average molecular weight is 823 g/mol. The van der Waals surface area contributed by atoms with E-state index in [0.717, 1.165) is 64.1 Å². The highest BCUT2D eigenvalue weighted by Gasteiger charge is 2.60. The quantitative estimate of drug-likeness (QED) is 0.0749. The van der Waals surface area contributed by atoms with Crippen LogP contribution in [0.15, 0.2) is 85.0 Å². The molecular formula is C47H38N2O8S2. The molecule has 4 amide bonds. The van der Waals surface area contributed by atoms with Gasteiger partial charge < -0.3 is 9.47 Å². The van der Waals surface area contributed by atoms with Gasteiger partial charge in [0.05, 0.1) is 35.0 Å². The zero-order chi connectivity index (χ0) is 40.4. The number of rotatable bonds is 8. The number of aryl methyl sites for hydroxylation is 2. The van der Waals surface area contributed by atoms with Gasteiger partial charge in [-0.3, -0.25) is 29.0 Å². The fraction of sp³-hybridized carbons (Fsp3) is 0.319. The third kappa shape index (κ3) is 5.55. The van der Waals surface area contributed by atoms with Crippen molar-refractivity contribution in [3.05, 3.63) is 116 Å². The maximum atomic E-state index is 13.4. The van der Waals surface area contributed by atoms with Crippen LogP contribution in [-0.2, 0) is 19.2 Å². The minimum Gasteiger partial charge on any atom is -0.422 e. The summed E-state index contributed by atoms with van der Waals surface area (Å²) in [6.07, 6.45) is 12.6. The Kier molecular flexibility index (Phi) is 8.26. The molecule has 4 heterocycles. The fourth-order valence-corrected chi connectivity index (χ4v) is 12.9. The highest BCUT2D eigenvalue weighted by atomic mass is 32.1. The Morgan fingerprint density at radius 3 is 1.22 bits per heavy atom. The summed E-state index contributed by atoms with van der Waals surface area (Å²) >= 11 is 2.74. The Bertz CT molecular complexity index is 2410. The number of carbonyl (C=O) groups is 6. The molecule has 0 radical (unpaired) electrons. The molecule has 12 heteroatoms. The van der Waals surface area contributed by atoms with Crippen LogP contribution in [0.25, 0.3) is 11.1 Å². The number of esters is 2. The van der Waals surface area contributed by atoms with Crippen molar-refractivity contribution < 1.29 is 38.2 Å². The van der Waals surface area contributed by atoms with E-state index in [4.69, 9.17) is 9.47 Å². The second-order valence-corrected chi connectivity index (χ2v) is 19.3. The number of carbonyl (C=O) groups excluding carboxylic acids is 6. The van der Waals surface area contributed by atoms with Crippen molar-refractivity contribution in [1.82, 2.24) is 0 Å². The molecule has 10 nitrogen and oxygen atoms in total. The smallest absolute Gasteiger partial charge is 0.353 e. The first-order valence-electron chi connectivity index (χ1n) is 20.2. The van der Waals surface area contributed by atoms with E-state index in [1.54, 1.807) is 48.5 Å². The number of hydrogen-bond donors (Lipinski definition) is 0. The lowest BCUT2D eigenvalue weighted by Crippen LogP contribution is -2.32. The zero-order valence-corrected chi connectivity index (χ0v) is 33.8. The minimum absolute atomic E-state index is 0.132. The standard InChI is InChI=1S/C47H38N2O8S2/c1-22-34(20-36(58-22)46(54)56-30-14-10-28(11-15-30)48-42(50)38-24-6-7-25(18-24)39(38)43(48)51)32-4-3-5-33(32)35-21-37(59-23(35)2)47(55)57-31-16-12-29(13-17-31)49-44(52)40-26-8-9-27(19-26)41(40)45(49)53/h6-17,20-21,24-27,38-41H,3-5,18-19H2,1-2H3/t24-,25+,26-,27+,38-,39+,40-,41+. The van der Waals surface area contributed by atoms with Crippen LogP contribution in [0.3, 0.4) is 0 Å². The van der Waals surface area contributed by atoms with Crippen LogP contribution < -0.4 is 19.3 Å². The Morgan fingerprint density at radius 2 is 0.881 bits per heavy atom. The molecule has 2 aromatic carbocycles. The summed E-state index contributed by atoms with van der Waals surface area (Å²) < 4.78 is 11.5. The lowest BCUT2D eigenvalue weighted by molar-refractivity contribution is -0.124. The first kappa shape index (κ1) is 36.4. The predicted molar refractivity (Wildman–Crippen MR) is 222 cm³/mol. The van der Waals surface area contributed by atoms with Crippen molar-refractivity contribution in [3.8, 4) is 11.5 Å². The molecule has 5 aliphatic carbocycles. The predicted octanol–water partition coefficient (Wildman–Crippen LogP) is 8.58. The van der Waals surface area contributed by atoms with Crippen LogP contribution >= 0.6 is 22.7 Å². The lowest BCUT2D eigenvalue weighted by atomic mass is 9.85. The van der Waals surface area contributed by atoms with Crippen molar-refractivity contribution >= 4 is 80.8 Å². The number of hydrogen-bond acceptors (Lipinski definition) is 10. The van der Waals surface area contributed by atoms with Crippen LogP contribution in [0.1, 0.15) is 72.3 Å². The number of fused-ring (bicyclic) bond motifs is 10. The average Bonchev–Trinajstić information content (AvgIpc) is 4.09. The Balaban J connectivity index is 0.762. The zero-order valence-electron chi connectivity index (χ0n) is 32.2. The molecule has 0 spiro atoms. The second-order valence-electron chi connectivity index (χ2n) is 16.8. The number of nitrogens with zero attached hydrogens (tertiary/aromatic N) is 2. The molecule has 0 N–H and O–H groups in total. The molecule has 7 aliphatic rings. The molecule has 2 aliphatic heterocycles. The van der Waals surface area contributed by atoms with Crippen molar-refractivity contribution in [2.75, 3.05) is 9.80 Å². The van der Waals surface area contributed by atoms with Gasteiger partial charge in [-0.25, -0.2) is 9.59 Å². The summed E-state index contributed by atoms with van der Waals surface area (Å²) in [5.41, 5.74) is 5.23. The molecule has 0 unspecified atom stereocenters. The summed E-state index contributed by atoms with van der Waals surface area (Å²) in [5.74, 6) is -1.53. The normalized spacial score (nSPS) is 28.5. The van der Waals surface area contributed by atoms with Crippen LogP contribution in [-0.4, -0.2) is 35.6 Å². The summed E-state index contributed by atoms with van der Waals surface area (Å²) in [6, 6.07) is 16.9. The molecule has 2 saturated carbocycles. The van der Waals surface area contributed by atoms with E-state index in [-0.39, 0.29) is 71.0 Å². The summed E-state index contributed by atoms with van der Waals surface area (Å²) in [6.45, 7) is 3.99. The third-order valence-electron chi connectivity index (χ3n) is 13.7. The molecule has 4 fully saturated rings. The van der Waals surface area contributed by atoms with Gasteiger partial charge in [0.15, 0.2) is 0 Å². The van der Waals surface area contributed by atoms with E-state index in [1.807, 2.05) is 26.0 Å². The summed E-state index contributed by atoms with van der Waals surface area (Å²) in [5, 5.41) is 0. The Hall–Kier alpha value is -5.72. The van der Waals surface area contributed by atoms with Crippen molar-refractivity contribution in [2.45, 2.75) is 46.0 Å². The molecule has 4 bridgehead atoms. The maximum absolute atomic E-state index is 13.4. The van der Waals surface area contributed by atoms with Crippen molar-refractivity contribution in [1.29, 1.82) is 0 Å². The van der Waals surface area contributed by atoms with Gasteiger partial charge in [0.1, 0.15) is 21.3 Å². The number of anilines is 2. The number of amides is 4. The van der Waals surface area contributed by atoms with Crippen molar-refractivity contribution in [2.24, 2.45) is 47.3 Å². The molecule has 2 saturated heterocycles. The Morgan fingerprint density at radius 1 is 0.542 bits per heavy atom. The van der Waals surface area contributed by atoms with E-state index in [9.17, 15) is 28.8 Å². The molecule has 296 valence electrons. The van der Waals surface area contributed by atoms with Gasteiger partial charge >= 0.3 is 11.9 Å². The first-order chi connectivity index (χ1) is 28.5. The van der Waals surface area contributed by atoms with Crippen LogP contribution in [0.5, 0.6) is 11.5 Å². The molecular weight excluding hydrogens is 785 g/mol.